The van der Waals surface area contributed by atoms with Gasteiger partial charge >= 0.3 is 0 Å². The highest BCUT2D eigenvalue weighted by Crippen LogP contribution is 2.50. The molecule has 2 atom stereocenters. The van der Waals surface area contributed by atoms with Gasteiger partial charge < -0.3 is 0 Å². The lowest BCUT2D eigenvalue weighted by Gasteiger charge is -2.25. The SMILES string of the molecule is CC1=CC2C=CC=CC2=C(c2c3ccccc3c(S)c3cccpc23)C2=CC=CC=CC12. The fourth-order valence-corrected chi connectivity index (χ4v) is 6.74. The van der Waals surface area contributed by atoms with E-state index < -0.39 is 0 Å². The first-order valence-electron chi connectivity index (χ1n) is 11.1. The monoisotopic (exact) mass is 446 g/mol. The summed E-state index contributed by atoms with van der Waals surface area (Å²) < 4.78 is 0. The van der Waals surface area contributed by atoms with Crippen LogP contribution in [0.4, 0.5) is 0 Å². The van der Waals surface area contributed by atoms with E-state index in [1.165, 1.54) is 57.3 Å². The van der Waals surface area contributed by atoms with E-state index in [2.05, 4.69) is 110 Å². The molecule has 3 aliphatic rings. The van der Waals surface area contributed by atoms with Crippen LogP contribution in [-0.2, 0) is 0 Å². The van der Waals surface area contributed by atoms with Gasteiger partial charge in [0, 0.05) is 32.8 Å². The molecular weight excluding hydrogens is 423 g/mol. The Morgan fingerprint density at radius 2 is 1.66 bits per heavy atom. The Bertz CT molecular complexity index is 1430. The van der Waals surface area contributed by atoms with Crippen molar-refractivity contribution in [3.05, 3.63) is 125 Å². The highest BCUT2D eigenvalue weighted by Gasteiger charge is 2.30. The molecule has 1 aromatic heterocycles. The Morgan fingerprint density at radius 3 is 2.56 bits per heavy atom. The fraction of sp³-hybridized carbons (Fsp3) is 0.100. The lowest BCUT2D eigenvalue weighted by molar-refractivity contribution is 0.908. The maximum absolute atomic E-state index is 4.99. The number of rotatable bonds is 1. The van der Waals surface area contributed by atoms with E-state index in [0.29, 0.717) is 0 Å². The normalized spacial score (nSPS) is 22.1. The molecule has 0 saturated carbocycles. The van der Waals surface area contributed by atoms with Gasteiger partial charge in [0.05, 0.1) is 0 Å². The molecule has 0 fully saturated rings. The highest BCUT2D eigenvalue weighted by atomic mass is 32.1. The molecule has 1 heterocycles. The molecule has 0 bridgehead atoms. The van der Waals surface area contributed by atoms with E-state index >= 15 is 0 Å². The summed E-state index contributed by atoms with van der Waals surface area (Å²) in [6.07, 6.45) is 22.7. The lowest BCUT2D eigenvalue weighted by Crippen LogP contribution is -2.06. The van der Waals surface area contributed by atoms with Crippen molar-refractivity contribution in [3.63, 3.8) is 0 Å². The van der Waals surface area contributed by atoms with Crippen LogP contribution in [0.3, 0.4) is 0 Å². The molecule has 3 aliphatic carbocycles. The number of allylic oxidation sites excluding steroid dienone is 14. The quantitative estimate of drug-likeness (QED) is 0.215. The van der Waals surface area contributed by atoms with Crippen LogP contribution >= 0.6 is 20.8 Å². The van der Waals surface area contributed by atoms with Gasteiger partial charge in [-0.05, 0) is 40.2 Å². The Kier molecular flexibility index (Phi) is 4.90. The molecule has 2 unspecified atom stereocenters. The van der Waals surface area contributed by atoms with Gasteiger partial charge in [-0.3, -0.25) is 0 Å². The van der Waals surface area contributed by atoms with Gasteiger partial charge in [-0.15, -0.1) is 12.6 Å². The van der Waals surface area contributed by atoms with Gasteiger partial charge in [-0.1, -0.05) is 111 Å². The largest absolute Gasteiger partial charge is 0.142 e. The van der Waals surface area contributed by atoms with Crippen LogP contribution in [0.15, 0.2) is 125 Å². The minimum Gasteiger partial charge on any atom is -0.142 e. The molecule has 32 heavy (non-hydrogen) atoms. The summed E-state index contributed by atoms with van der Waals surface area (Å²) in [5, 5.41) is 5.11. The highest BCUT2D eigenvalue weighted by molar-refractivity contribution is 7.80. The molecule has 0 amide bonds. The average Bonchev–Trinajstić information content (AvgIpc) is 3.13. The second kappa shape index (κ2) is 7.93. The number of hydrogen-bond donors (Lipinski definition) is 1. The van der Waals surface area contributed by atoms with Crippen LogP contribution in [0, 0.1) is 11.8 Å². The number of fused-ring (bicyclic) bond motifs is 4. The predicted octanol–water partition coefficient (Wildman–Crippen LogP) is 8.99. The Labute approximate surface area is 196 Å². The summed E-state index contributed by atoms with van der Waals surface area (Å²) in [5.41, 5.74) is 6.90. The van der Waals surface area contributed by atoms with Crippen LogP contribution in [-0.4, -0.2) is 0 Å². The second-order valence-electron chi connectivity index (χ2n) is 8.55. The molecule has 0 aliphatic heterocycles. The van der Waals surface area contributed by atoms with Gasteiger partial charge in [-0.25, -0.2) is 0 Å². The Hall–Kier alpha value is -2.86. The van der Waals surface area contributed by atoms with E-state index in [1.807, 2.05) is 0 Å². The van der Waals surface area contributed by atoms with Crippen molar-refractivity contribution in [1.82, 2.24) is 0 Å². The van der Waals surface area contributed by atoms with Gasteiger partial charge in [-0.2, -0.15) is 0 Å². The molecule has 0 radical (unpaired) electrons. The second-order valence-corrected chi connectivity index (χ2v) is 10.00. The average molecular weight is 447 g/mol. The van der Waals surface area contributed by atoms with Crippen molar-refractivity contribution in [1.29, 1.82) is 0 Å². The van der Waals surface area contributed by atoms with Crippen molar-refractivity contribution >= 4 is 47.7 Å². The van der Waals surface area contributed by atoms with Crippen LogP contribution in [0.5, 0.6) is 0 Å². The molecule has 0 spiro atoms. The van der Waals surface area contributed by atoms with Crippen LogP contribution in [0.1, 0.15) is 12.5 Å². The fourth-order valence-electron chi connectivity index (χ4n) is 5.27. The first-order chi connectivity index (χ1) is 15.7. The molecule has 0 saturated heterocycles. The molecule has 6 rings (SSSR count). The van der Waals surface area contributed by atoms with Gasteiger partial charge in [0.2, 0.25) is 0 Å². The van der Waals surface area contributed by atoms with Crippen LogP contribution in [0.2, 0.25) is 0 Å². The molecule has 0 nitrogen and oxygen atoms in total. The van der Waals surface area contributed by atoms with E-state index in [1.54, 1.807) is 0 Å². The number of thiol groups is 1. The molecule has 0 N–H and O–H groups in total. The van der Waals surface area contributed by atoms with E-state index in [4.69, 9.17) is 12.6 Å². The summed E-state index contributed by atoms with van der Waals surface area (Å²) in [5.74, 6) is 2.79. The maximum Gasteiger partial charge on any atom is 0.0235 e. The zero-order chi connectivity index (χ0) is 21.7. The van der Waals surface area contributed by atoms with E-state index in [-0.39, 0.29) is 11.8 Å². The third kappa shape index (κ3) is 3.04. The van der Waals surface area contributed by atoms with Crippen molar-refractivity contribution in [2.45, 2.75) is 11.8 Å². The first kappa shape index (κ1) is 19.8. The third-order valence-electron chi connectivity index (χ3n) is 6.71. The Balaban J connectivity index is 1.82. The standard InChI is InChI=1S/C30H23PS/c1-19-18-20-10-5-6-12-22(20)27(23-13-4-2-3-11-21(19)23)28-24-14-7-8-15-25(24)30(32)26-16-9-17-31-29(26)28/h2-18,20-21,32H,1H3. The summed E-state index contributed by atoms with van der Waals surface area (Å²) in [6.45, 7) is 2.28. The van der Waals surface area contributed by atoms with Crippen molar-refractivity contribution in [3.8, 4) is 0 Å². The molecule has 154 valence electrons. The predicted molar refractivity (Wildman–Crippen MR) is 144 cm³/mol. The topological polar surface area (TPSA) is 0 Å². The summed E-state index contributed by atoms with van der Waals surface area (Å²) in [4.78, 5) is 1.08. The number of hydrogen-bond acceptors (Lipinski definition) is 1. The summed E-state index contributed by atoms with van der Waals surface area (Å²) >= 11 is 4.99. The molecule has 3 aromatic rings. The van der Waals surface area contributed by atoms with Gasteiger partial charge in [0.15, 0.2) is 0 Å². The lowest BCUT2D eigenvalue weighted by atomic mass is 9.80. The zero-order valence-corrected chi connectivity index (χ0v) is 19.7. The first-order valence-corrected chi connectivity index (χ1v) is 12.5. The molecule has 2 heteroatoms. The van der Waals surface area contributed by atoms with Gasteiger partial charge in [0.25, 0.3) is 0 Å². The van der Waals surface area contributed by atoms with Crippen LogP contribution < -0.4 is 0 Å². The van der Waals surface area contributed by atoms with Crippen molar-refractivity contribution in [2.24, 2.45) is 11.8 Å². The third-order valence-corrected chi connectivity index (χ3v) is 8.24. The van der Waals surface area contributed by atoms with E-state index in [9.17, 15) is 0 Å². The van der Waals surface area contributed by atoms with E-state index in [0.717, 1.165) is 4.90 Å². The molecule has 2 aromatic carbocycles. The summed E-state index contributed by atoms with van der Waals surface area (Å²) in [7, 11) is 1.22. The van der Waals surface area contributed by atoms with Crippen molar-refractivity contribution in [2.75, 3.05) is 0 Å². The minimum atomic E-state index is 0.268. The van der Waals surface area contributed by atoms with Crippen molar-refractivity contribution < 1.29 is 0 Å². The van der Waals surface area contributed by atoms with Crippen LogP contribution in [0.25, 0.3) is 26.8 Å². The maximum atomic E-state index is 4.99. The summed E-state index contributed by atoms with van der Waals surface area (Å²) in [6, 6.07) is 13.1. The van der Waals surface area contributed by atoms with Gasteiger partial charge in [0.1, 0.15) is 0 Å². The molecular formula is C30H23PS. The Morgan fingerprint density at radius 1 is 0.844 bits per heavy atom. The minimum absolute atomic E-state index is 0.268. The smallest absolute Gasteiger partial charge is 0.0235 e. The number of benzene rings is 2. The zero-order valence-electron chi connectivity index (χ0n) is 17.9.